The Morgan fingerprint density at radius 1 is 1.16 bits per heavy atom. The smallest absolute Gasteiger partial charge is 0.273 e. The summed E-state index contributed by atoms with van der Waals surface area (Å²) >= 11 is 6.11. The van der Waals surface area contributed by atoms with Crippen LogP contribution in [0.5, 0.6) is 0 Å². The van der Waals surface area contributed by atoms with Crippen LogP contribution in [0.15, 0.2) is 53.6 Å². The van der Waals surface area contributed by atoms with Crippen molar-refractivity contribution in [3.05, 3.63) is 70.2 Å². The largest absolute Gasteiger partial charge is 0.417 e. The molecule has 2 atom stereocenters. The SMILES string of the molecule is O=C(NN=Cc1ccccc1C(F)(F)F)C1CC1c1ccccc1Cl. The van der Waals surface area contributed by atoms with E-state index in [0.29, 0.717) is 11.4 Å². The topological polar surface area (TPSA) is 41.5 Å². The third-order valence-corrected chi connectivity index (χ3v) is 4.42. The predicted molar refractivity (Wildman–Crippen MR) is 89.5 cm³/mol. The number of hydrogen-bond donors (Lipinski definition) is 1. The van der Waals surface area contributed by atoms with Gasteiger partial charge >= 0.3 is 6.18 Å². The van der Waals surface area contributed by atoms with Crippen LogP contribution >= 0.6 is 11.6 Å². The molecule has 1 fully saturated rings. The number of benzene rings is 2. The van der Waals surface area contributed by atoms with Crippen molar-refractivity contribution < 1.29 is 18.0 Å². The van der Waals surface area contributed by atoms with E-state index >= 15 is 0 Å². The molecule has 7 heteroatoms. The molecule has 2 aromatic rings. The maximum atomic E-state index is 12.9. The summed E-state index contributed by atoms with van der Waals surface area (Å²) in [4.78, 5) is 12.1. The summed E-state index contributed by atoms with van der Waals surface area (Å²) in [6.45, 7) is 0. The molecule has 2 aromatic carbocycles. The second kappa shape index (κ2) is 6.88. The lowest BCUT2D eigenvalue weighted by Gasteiger charge is -2.09. The molecule has 0 spiro atoms. The minimum Gasteiger partial charge on any atom is -0.273 e. The van der Waals surface area contributed by atoms with Crippen LogP contribution in [0.25, 0.3) is 0 Å². The molecule has 1 saturated carbocycles. The molecule has 3 nitrogen and oxygen atoms in total. The molecule has 3 rings (SSSR count). The van der Waals surface area contributed by atoms with E-state index in [1.54, 1.807) is 6.07 Å². The lowest BCUT2D eigenvalue weighted by Crippen LogP contribution is -2.20. The second-order valence-corrected chi connectivity index (χ2v) is 6.20. The molecule has 0 radical (unpaired) electrons. The van der Waals surface area contributed by atoms with Gasteiger partial charge in [-0.15, -0.1) is 0 Å². The van der Waals surface area contributed by atoms with Crippen molar-refractivity contribution >= 4 is 23.7 Å². The van der Waals surface area contributed by atoms with E-state index in [0.717, 1.165) is 17.8 Å². The van der Waals surface area contributed by atoms with Gasteiger partial charge in [0.2, 0.25) is 5.91 Å². The lowest BCUT2D eigenvalue weighted by molar-refractivity contribution is -0.137. The molecule has 0 bridgehead atoms. The average Bonchev–Trinajstić information content (AvgIpc) is 3.35. The van der Waals surface area contributed by atoms with Crippen LogP contribution in [-0.2, 0) is 11.0 Å². The second-order valence-electron chi connectivity index (χ2n) is 5.79. The minimum atomic E-state index is -4.47. The Kier molecular flexibility index (Phi) is 4.81. The maximum Gasteiger partial charge on any atom is 0.417 e. The molecule has 0 aromatic heterocycles. The number of carbonyl (C=O) groups is 1. The molecular weight excluding hydrogens is 353 g/mol. The Morgan fingerprint density at radius 3 is 2.56 bits per heavy atom. The van der Waals surface area contributed by atoms with Gasteiger partial charge in [-0.3, -0.25) is 4.79 Å². The van der Waals surface area contributed by atoms with Crippen LogP contribution < -0.4 is 5.43 Å². The molecule has 130 valence electrons. The van der Waals surface area contributed by atoms with Crippen LogP contribution in [0.4, 0.5) is 13.2 Å². The molecule has 25 heavy (non-hydrogen) atoms. The summed E-state index contributed by atoms with van der Waals surface area (Å²) in [5.41, 5.74) is 2.31. The zero-order chi connectivity index (χ0) is 18.0. The van der Waals surface area contributed by atoms with Gasteiger partial charge in [-0.2, -0.15) is 18.3 Å². The first-order chi connectivity index (χ1) is 11.9. The molecule has 2 unspecified atom stereocenters. The maximum absolute atomic E-state index is 12.9. The summed E-state index contributed by atoms with van der Waals surface area (Å²) in [5, 5.41) is 4.27. The normalized spacial score (nSPS) is 19.8. The van der Waals surface area contributed by atoms with Crippen LogP contribution in [0, 0.1) is 5.92 Å². The Hall–Kier alpha value is -2.34. The molecule has 0 saturated heterocycles. The van der Waals surface area contributed by atoms with E-state index in [1.807, 2.05) is 18.2 Å². The highest BCUT2D eigenvalue weighted by atomic mass is 35.5. The van der Waals surface area contributed by atoms with Crippen LogP contribution in [0.3, 0.4) is 0 Å². The first kappa shape index (κ1) is 17.5. The van der Waals surface area contributed by atoms with Crippen LogP contribution in [0.1, 0.15) is 29.0 Å². The van der Waals surface area contributed by atoms with Crippen molar-refractivity contribution in [1.29, 1.82) is 0 Å². The van der Waals surface area contributed by atoms with E-state index in [2.05, 4.69) is 10.5 Å². The molecule has 1 N–H and O–H groups in total. The summed E-state index contributed by atoms with van der Waals surface area (Å²) in [6.07, 6.45) is -2.82. The molecule has 0 heterocycles. The lowest BCUT2D eigenvalue weighted by atomic mass is 10.1. The summed E-state index contributed by atoms with van der Waals surface area (Å²) < 4.78 is 38.7. The van der Waals surface area contributed by atoms with Crippen molar-refractivity contribution in [2.45, 2.75) is 18.5 Å². The van der Waals surface area contributed by atoms with E-state index in [1.165, 1.54) is 18.2 Å². The Morgan fingerprint density at radius 2 is 1.84 bits per heavy atom. The number of alkyl halides is 3. The fourth-order valence-corrected chi connectivity index (χ4v) is 3.00. The number of hydrazone groups is 1. The van der Waals surface area contributed by atoms with Gasteiger partial charge in [0.05, 0.1) is 11.8 Å². The molecular formula is C18H14ClF3N2O. The number of nitrogens with one attached hydrogen (secondary N) is 1. The van der Waals surface area contributed by atoms with Gasteiger partial charge < -0.3 is 0 Å². The first-order valence-electron chi connectivity index (χ1n) is 7.61. The van der Waals surface area contributed by atoms with Crippen molar-refractivity contribution in [1.82, 2.24) is 5.43 Å². The van der Waals surface area contributed by atoms with Crippen molar-refractivity contribution in [2.75, 3.05) is 0 Å². The highest BCUT2D eigenvalue weighted by Crippen LogP contribution is 2.49. The van der Waals surface area contributed by atoms with Gasteiger partial charge in [-0.05, 0) is 30.0 Å². The summed E-state index contributed by atoms with van der Waals surface area (Å²) in [6, 6.07) is 12.3. The first-order valence-corrected chi connectivity index (χ1v) is 7.99. The third kappa shape index (κ3) is 4.02. The number of hydrogen-bond acceptors (Lipinski definition) is 2. The minimum absolute atomic E-state index is 0.0198. The van der Waals surface area contributed by atoms with Crippen molar-refractivity contribution in [3.63, 3.8) is 0 Å². The zero-order valence-electron chi connectivity index (χ0n) is 12.9. The summed E-state index contributed by atoms with van der Waals surface area (Å²) in [5.74, 6) is -0.577. The number of halogens is 4. The van der Waals surface area contributed by atoms with Gasteiger partial charge in [-0.1, -0.05) is 48.0 Å². The van der Waals surface area contributed by atoms with Gasteiger partial charge in [0.1, 0.15) is 0 Å². The Labute approximate surface area is 147 Å². The van der Waals surface area contributed by atoms with Gasteiger partial charge in [-0.25, -0.2) is 5.43 Å². The number of carbonyl (C=O) groups excluding carboxylic acids is 1. The fraction of sp³-hybridized carbons (Fsp3) is 0.222. The van der Waals surface area contributed by atoms with Crippen molar-refractivity contribution in [3.8, 4) is 0 Å². The zero-order valence-corrected chi connectivity index (χ0v) is 13.7. The quantitative estimate of drug-likeness (QED) is 0.623. The third-order valence-electron chi connectivity index (χ3n) is 4.08. The Bertz CT molecular complexity index is 820. The summed E-state index contributed by atoms with van der Waals surface area (Å²) in [7, 11) is 0. The van der Waals surface area contributed by atoms with E-state index in [-0.39, 0.29) is 23.3 Å². The van der Waals surface area contributed by atoms with Gasteiger partial charge in [0.25, 0.3) is 0 Å². The number of nitrogens with zero attached hydrogens (tertiary/aromatic N) is 1. The number of rotatable bonds is 4. The van der Waals surface area contributed by atoms with Gasteiger partial charge in [0, 0.05) is 16.5 Å². The standard InChI is InChI=1S/C18H14ClF3N2O/c19-16-8-4-2-6-12(16)13-9-14(13)17(25)24-23-10-11-5-1-3-7-15(11)18(20,21)22/h1-8,10,13-14H,9H2,(H,24,25). The molecule has 1 amide bonds. The highest BCUT2D eigenvalue weighted by molar-refractivity contribution is 6.31. The molecule has 1 aliphatic rings. The molecule has 0 aliphatic heterocycles. The van der Waals surface area contributed by atoms with E-state index in [9.17, 15) is 18.0 Å². The van der Waals surface area contributed by atoms with Crippen molar-refractivity contribution in [2.24, 2.45) is 11.0 Å². The van der Waals surface area contributed by atoms with Gasteiger partial charge in [0.15, 0.2) is 0 Å². The molecule has 1 aliphatic carbocycles. The predicted octanol–water partition coefficient (Wildman–Crippen LogP) is 4.61. The van der Waals surface area contributed by atoms with E-state index < -0.39 is 11.7 Å². The van der Waals surface area contributed by atoms with E-state index in [4.69, 9.17) is 11.6 Å². The monoisotopic (exact) mass is 366 g/mol. The number of amides is 1. The Balaban J connectivity index is 1.63. The van der Waals surface area contributed by atoms with Crippen LogP contribution in [0.2, 0.25) is 5.02 Å². The average molecular weight is 367 g/mol. The fourth-order valence-electron chi connectivity index (χ4n) is 2.72. The van der Waals surface area contributed by atoms with Crippen LogP contribution in [-0.4, -0.2) is 12.1 Å². The highest BCUT2D eigenvalue weighted by Gasteiger charge is 2.44.